The molecule has 3 atom stereocenters. The fourth-order valence-corrected chi connectivity index (χ4v) is 5.45. The molecule has 0 bridgehead atoms. The van der Waals surface area contributed by atoms with Gasteiger partial charge in [-0.2, -0.15) is 11.8 Å². The molecule has 2 saturated heterocycles. The third-order valence-corrected chi connectivity index (χ3v) is 7.18. The van der Waals surface area contributed by atoms with Crippen molar-refractivity contribution in [1.29, 1.82) is 0 Å². The average Bonchev–Trinajstić information content (AvgIpc) is 3.33. The van der Waals surface area contributed by atoms with Gasteiger partial charge in [-0.25, -0.2) is 4.79 Å². The second kappa shape index (κ2) is 16.9. The lowest BCUT2D eigenvalue weighted by Crippen LogP contribution is -2.37. The number of urea groups is 1. The van der Waals surface area contributed by atoms with Gasteiger partial charge < -0.3 is 39.6 Å². The summed E-state index contributed by atoms with van der Waals surface area (Å²) in [7, 11) is 1.86. The molecule has 3 unspecified atom stereocenters. The highest BCUT2D eigenvalue weighted by Gasteiger charge is 2.46. The summed E-state index contributed by atoms with van der Waals surface area (Å²) in [6, 6.07) is 0.561. The summed E-state index contributed by atoms with van der Waals surface area (Å²) in [5.41, 5.74) is 0. The predicted molar refractivity (Wildman–Crippen MR) is 127 cm³/mol. The number of likely N-dealkylation sites (N-methyl/N-ethyl adjacent to an activating group) is 1. The van der Waals surface area contributed by atoms with Gasteiger partial charge in [-0.05, 0) is 12.8 Å². The summed E-state index contributed by atoms with van der Waals surface area (Å²) >= 11 is 1.92. The molecule has 3 amide bonds. The van der Waals surface area contributed by atoms with Crippen LogP contribution in [0.25, 0.3) is 0 Å². The third-order valence-electron chi connectivity index (χ3n) is 5.69. The molecule has 0 aromatic rings. The van der Waals surface area contributed by atoms with Crippen LogP contribution in [0.15, 0.2) is 0 Å². The Bertz CT molecular complexity index is 627. The number of hydrogen-bond donors (Lipinski definition) is 3. The van der Waals surface area contributed by atoms with E-state index in [2.05, 4.69) is 10.6 Å². The molecule has 34 heavy (non-hydrogen) atoms. The van der Waals surface area contributed by atoms with Crippen LogP contribution in [0.2, 0.25) is 0 Å². The molecule has 2 rings (SSSR count). The number of carbonyl (C=O) groups is 3. The van der Waals surface area contributed by atoms with Crippen LogP contribution in [0.4, 0.5) is 4.79 Å². The number of rotatable bonds is 20. The molecule has 0 radical (unpaired) electrons. The van der Waals surface area contributed by atoms with Gasteiger partial charge in [0.2, 0.25) is 5.91 Å². The van der Waals surface area contributed by atoms with Crippen molar-refractivity contribution < 1.29 is 38.4 Å². The number of carbonyl (C=O) groups excluding carboxylic acids is 2. The number of unbranched alkanes of at least 4 members (excludes halogenated alkanes) is 1. The largest absolute Gasteiger partial charge is 0.481 e. The van der Waals surface area contributed by atoms with Crippen molar-refractivity contribution in [2.45, 2.75) is 49.4 Å². The van der Waals surface area contributed by atoms with Crippen molar-refractivity contribution in [3.8, 4) is 0 Å². The van der Waals surface area contributed by atoms with E-state index >= 15 is 0 Å². The number of carboxylic acid groups (broad SMARTS) is 1. The van der Waals surface area contributed by atoms with Gasteiger partial charge in [0, 0.05) is 31.0 Å². The monoisotopic (exact) mass is 505 g/mol. The summed E-state index contributed by atoms with van der Waals surface area (Å²) in [5, 5.41) is 14.8. The first-order chi connectivity index (χ1) is 16.5. The van der Waals surface area contributed by atoms with Gasteiger partial charge in [0.05, 0.1) is 71.4 Å². The van der Waals surface area contributed by atoms with Crippen molar-refractivity contribution in [3.05, 3.63) is 0 Å². The first-order valence-corrected chi connectivity index (χ1v) is 13.0. The number of carboxylic acids is 1. The highest BCUT2D eigenvalue weighted by atomic mass is 32.2. The molecule has 0 spiro atoms. The molecule has 0 aromatic carbocycles. The lowest BCUT2D eigenvalue weighted by molar-refractivity contribution is -0.138. The van der Waals surface area contributed by atoms with E-state index in [9.17, 15) is 14.4 Å². The standard InChI is InChI=1S/C22H39N3O8S/c1-25-17-16-34-18(21(17)24-22(25)29)4-2-3-5-19(26)23-7-9-31-11-13-33-15-14-32-12-10-30-8-6-20(27)28/h17-18,21H,2-16H2,1H3,(H,23,26)(H,24,29)(H,27,28). The SMILES string of the molecule is CN1C(=O)NC2C(CCCCC(=O)NCCOCCOCCOCCOCCC(=O)O)SCC21. The van der Waals surface area contributed by atoms with Crippen molar-refractivity contribution in [3.63, 3.8) is 0 Å². The van der Waals surface area contributed by atoms with E-state index in [1.165, 1.54) is 0 Å². The molecule has 196 valence electrons. The summed E-state index contributed by atoms with van der Waals surface area (Å²) in [4.78, 5) is 35.8. The Kier molecular flexibility index (Phi) is 14.3. The summed E-state index contributed by atoms with van der Waals surface area (Å²) in [6.45, 7) is 3.64. The Morgan fingerprint density at radius 1 is 1.00 bits per heavy atom. The first kappa shape index (κ1) is 28.6. The number of thioether (sulfide) groups is 1. The number of fused-ring (bicyclic) bond motifs is 1. The summed E-state index contributed by atoms with van der Waals surface area (Å²) in [5.74, 6) is 0.143. The Balaban J connectivity index is 1.30. The Labute approximate surface area is 205 Å². The topological polar surface area (TPSA) is 136 Å². The molecular formula is C22H39N3O8S. The van der Waals surface area contributed by atoms with Crippen molar-refractivity contribution in [1.82, 2.24) is 15.5 Å². The zero-order valence-corrected chi connectivity index (χ0v) is 20.8. The lowest BCUT2D eigenvalue weighted by Gasteiger charge is -2.17. The molecule has 0 aromatic heterocycles. The molecule has 11 nitrogen and oxygen atoms in total. The maximum atomic E-state index is 11.9. The van der Waals surface area contributed by atoms with Gasteiger partial charge in [-0.3, -0.25) is 9.59 Å². The number of aliphatic carboxylic acids is 1. The highest BCUT2D eigenvalue weighted by Crippen LogP contribution is 2.36. The maximum Gasteiger partial charge on any atom is 0.317 e. The number of ether oxygens (including phenoxy) is 4. The van der Waals surface area contributed by atoms with E-state index < -0.39 is 5.97 Å². The van der Waals surface area contributed by atoms with Gasteiger partial charge in [0.1, 0.15) is 0 Å². The van der Waals surface area contributed by atoms with Crippen LogP contribution < -0.4 is 10.6 Å². The smallest absolute Gasteiger partial charge is 0.317 e. The molecule has 2 heterocycles. The van der Waals surface area contributed by atoms with E-state index in [4.69, 9.17) is 24.1 Å². The van der Waals surface area contributed by atoms with E-state index in [0.717, 1.165) is 25.0 Å². The minimum Gasteiger partial charge on any atom is -0.481 e. The minimum absolute atomic E-state index is 0.00556. The molecule has 2 fully saturated rings. The summed E-state index contributed by atoms with van der Waals surface area (Å²) in [6.07, 6.45) is 3.33. The summed E-state index contributed by atoms with van der Waals surface area (Å²) < 4.78 is 21.2. The fourth-order valence-electron chi connectivity index (χ4n) is 3.78. The molecule has 0 saturated carbocycles. The Hall–Kier alpha value is -1.60. The van der Waals surface area contributed by atoms with Crippen molar-refractivity contribution in [2.75, 3.05) is 72.2 Å². The van der Waals surface area contributed by atoms with Crippen LogP contribution in [-0.2, 0) is 28.5 Å². The van der Waals surface area contributed by atoms with Crippen molar-refractivity contribution in [2.24, 2.45) is 0 Å². The molecule has 0 aliphatic carbocycles. The quantitative estimate of drug-likeness (QED) is 0.161. The molecular weight excluding hydrogens is 466 g/mol. The maximum absolute atomic E-state index is 11.9. The zero-order chi connectivity index (χ0) is 24.6. The van der Waals surface area contributed by atoms with Gasteiger partial charge in [0.15, 0.2) is 0 Å². The minimum atomic E-state index is -0.877. The fraction of sp³-hybridized carbons (Fsp3) is 0.864. The van der Waals surface area contributed by atoms with Crippen LogP contribution in [0, 0.1) is 0 Å². The second-order valence-electron chi connectivity index (χ2n) is 8.21. The van der Waals surface area contributed by atoms with E-state index in [0.29, 0.717) is 70.5 Å². The van der Waals surface area contributed by atoms with Gasteiger partial charge in [0.25, 0.3) is 0 Å². The van der Waals surface area contributed by atoms with E-state index in [-0.39, 0.29) is 31.0 Å². The normalized spacial score (nSPS) is 21.5. The predicted octanol–water partition coefficient (Wildman–Crippen LogP) is 0.712. The van der Waals surface area contributed by atoms with E-state index in [1.54, 1.807) is 4.90 Å². The third kappa shape index (κ3) is 11.2. The van der Waals surface area contributed by atoms with Crippen molar-refractivity contribution >= 4 is 29.7 Å². The Morgan fingerprint density at radius 2 is 1.62 bits per heavy atom. The number of amides is 3. The lowest BCUT2D eigenvalue weighted by atomic mass is 10.0. The average molecular weight is 506 g/mol. The van der Waals surface area contributed by atoms with Gasteiger partial charge in [-0.1, -0.05) is 6.42 Å². The van der Waals surface area contributed by atoms with Crippen LogP contribution in [0.3, 0.4) is 0 Å². The first-order valence-electron chi connectivity index (χ1n) is 11.9. The van der Waals surface area contributed by atoms with Crippen LogP contribution in [-0.4, -0.2) is 117 Å². The number of nitrogens with zero attached hydrogens (tertiary/aromatic N) is 1. The van der Waals surface area contributed by atoms with Crippen LogP contribution in [0.1, 0.15) is 32.1 Å². The number of hydrogen-bond acceptors (Lipinski definition) is 8. The van der Waals surface area contributed by atoms with Gasteiger partial charge >= 0.3 is 12.0 Å². The molecule has 12 heteroatoms. The highest BCUT2D eigenvalue weighted by molar-refractivity contribution is 8.00. The zero-order valence-electron chi connectivity index (χ0n) is 20.0. The van der Waals surface area contributed by atoms with E-state index in [1.807, 2.05) is 18.8 Å². The van der Waals surface area contributed by atoms with Crippen LogP contribution >= 0.6 is 11.8 Å². The van der Waals surface area contributed by atoms with Gasteiger partial charge in [-0.15, -0.1) is 0 Å². The molecule has 2 aliphatic heterocycles. The molecule has 2 aliphatic rings. The Morgan fingerprint density at radius 3 is 2.26 bits per heavy atom. The number of nitrogens with one attached hydrogen (secondary N) is 2. The van der Waals surface area contributed by atoms with Crippen LogP contribution in [0.5, 0.6) is 0 Å². The second-order valence-corrected chi connectivity index (χ2v) is 9.49. The molecule has 3 N–H and O–H groups in total.